The average molecular weight is 285 g/mol. The maximum Gasteiger partial charge on any atom is 0.247 e. The van der Waals surface area contributed by atoms with Crippen molar-refractivity contribution in [1.82, 2.24) is 5.32 Å². The minimum absolute atomic E-state index is 0.0599. The van der Waals surface area contributed by atoms with Crippen LogP contribution in [0.1, 0.15) is 25.8 Å². The van der Waals surface area contributed by atoms with Crippen LogP contribution in [-0.2, 0) is 15.1 Å². The normalized spacial score (nSPS) is 13.4. The third-order valence-electron chi connectivity index (χ3n) is 2.90. The highest BCUT2D eigenvalue weighted by atomic mass is 35.5. The van der Waals surface area contributed by atoms with Gasteiger partial charge < -0.3 is 15.8 Å². The lowest BCUT2D eigenvalue weighted by molar-refractivity contribution is -0.131. The van der Waals surface area contributed by atoms with E-state index < -0.39 is 11.4 Å². The standard InChI is InChI=1S/C13H17ClN2O3/c1-3-13(12(15)18,16-9(2)17)10-6-4-5-7-11(10)19-8-14/h4-7H,3,8H2,1-2H3,(H2,15,18)(H,16,17). The van der Waals surface area contributed by atoms with Crippen molar-refractivity contribution < 1.29 is 14.3 Å². The van der Waals surface area contributed by atoms with Gasteiger partial charge in [-0.05, 0) is 12.5 Å². The molecule has 0 saturated heterocycles. The van der Waals surface area contributed by atoms with E-state index in [1.165, 1.54) is 6.92 Å². The summed E-state index contributed by atoms with van der Waals surface area (Å²) in [4.78, 5) is 23.2. The van der Waals surface area contributed by atoms with E-state index in [1.807, 2.05) is 0 Å². The summed E-state index contributed by atoms with van der Waals surface area (Å²) in [6.45, 7) is 3.09. The second-order valence-electron chi connectivity index (χ2n) is 4.05. The van der Waals surface area contributed by atoms with Gasteiger partial charge in [-0.25, -0.2) is 0 Å². The summed E-state index contributed by atoms with van der Waals surface area (Å²) in [6, 6.07) is 6.79. The highest BCUT2D eigenvalue weighted by Crippen LogP contribution is 2.32. The van der Waals surface area contributed by atoms with Crippen LogP contribution in [0.25, 0.3) is 0 Å². The van der Waals surface area contributed by atoms with Crippen LogP contribution in [0.15, 0.2) is 24.3 Å². The van der Waals surface area contributed by atoms with Gasteiger partial charge in [0.15, 0.2) is 6.07 Å². The van der Waals surface area contributed by atoms with E-state index in [-0.39, 0.29) is 12.0 Å². The molecule has 3 N–H and O–H groups in total. The van der Waals surface area contributed by atoms with Crippen molar-refractivity contribution in [3.63, 3.8) is 0 Å². The fourth-order valence-electron chi connectivity index (χ4n) is 2.02. The molecule has 0 bridgehead atoms. The largest absolute Gasteiger partial charge is 0.478 e. The van der Waals surface area contributed by atoms with Gasteiger partial charge in [0.1, 0.15) is 11.3 Å². The molecule has 1 aromatic rings. The first-order valence-electron chi connectivity index (χ1n) is 5.84. The van der Waals surface area contributed by atoms with E-state index >= 15 is 0 Å². The number of alkyl halides is 1. The van der Waals surface area contributed by atoms with Crippen LogP contribution in [0, 0.1) is 0 Å². The molecule has 1 rings (SSSR count). The number of primary amides is 1. The molecule has 0 heterocycles. The summed E-state index contributed by atoms with van der Waals surface area (Å²) in [5, 5.41) is 2.62. The van der Waals surface area contributed by atoms with Crippen LogP contribution in [0.4, 0.5) is 0 Å². The van der Waals surface area contributed by atoms with Gasteiger partial charge in [-0.3, -0.25) is 9.59 Å². The summed E-state index contributed by atoms with van der Waals surface area (Å²) in [7, 11) is 0. The van der Waals surface area contributed by atoms with Crippen LogP contribution >= 0.6 is 11.6 Å². The summed E-state index contributed by atoms with van der Waals surface area (Å²) in [5.41, 5.74) is 4.69. The molecule has 0 fully saturated rings. The molecule has 0 saturated carbocycles. The molecule has 19 heavy (non-hydrogen) atoms. The molecule has 0 aliphatic heterocycles. The fraction of sp³-hybridized carbons (Fsp3) is 0.385. The molecule has 6 heteroatoms. The van der Waals surface area contributed by atoms with Crippen molar-refractivity contribution in [2.24, 2.45) is 5.73 Å². The van der Waals surface area contributed by atoms with Crippen molar-refractivity contribution in [3.05, 3.63) is 29.8 Å². The lowest BCUT2D eigenvalue weighted by atomic mass is 9.85. The topological polar surface area (TPSA) is 81.4 Å². The third-order valence-corrected chi connectivity index (χ3v) is 3.01. The Morgan fingerprint density at radius 3 is 2.53 bits per heavy atom. The Balaban J connectivity index is 3.39. The number of carbonyl (C=O) groups is 2. The van der Waals surface area contributed by atoms with Gasteiger partial charge >= 0.3 is 0 Å². The van der Waals surface area contributed by atoms with Gasteiger partial charge in [0.2, 0.25) is 11.8 Å². The summed E-state index contributed by atoms with van der Waals surface area (Å²) in [6.07, 6.45) is 0.310. The summed E-state index contributed by atoms with van der Waals surface area (Å²) < 4.78 is 5.28. The molecule has 0 aliphatic rings. The molecule has 1 aromatic carbocycles. The number of carbonyl (C=O) groups excluding carboxylic acids is 2. The minimum Gasteiger partial charge on any atom is -0.478 e. The van der Waals surface area contributed by atoms with E-state index in [0.717, 1.165) is 0 Å². The average Bonchev–Trinajstić information content (AvgIpc) is 2.36. The molecule has 0 spiro atoms. The predicted molar refractivity (Wildman–Crippen MR) is 72.8 cm³/mol. The number of hydrogen-bond donors (Lipinski definition) is 2. The second-order valence-corrected chi connectivity index (χ2v) is 4.27. The Morgan fingerprint density at radius 2 is 2.05 bits per heavy atom. The van der Waals surface area contributed by atoms with Crippen LogP contribution in [-0.4, -0.2) is 17.9 Å². The highest BCUT2D eigenvalue weighted by molar-refractivity contribution is 6.17. The maximum atomic E-state index is 11.9. The van der Waals surface area contributed by atoms with Gasteiger partial charge in [0, 0.05) is 12.5 Å². The molecular weight excluding hydrogens is 268 g/mol. The summed E-state index contributed by atoms with van der Waals surface area (Å²) >= 11 is 5.56. The van der Waals surface area contributed by atoms with Gasteiger partial charge in [-0.2, -0.15) is 0 Å². The number of rotatable bonds is 6. The minimum atomic E-state index is -1.30. The molecular formula is C13H17ClN2O3. The first-order valence-corrected chi connectivity index (χ1v) is 6.38. The zero-order valence-electron chi connectivity index (χ0n) is 10.9. The number of halogens is 1. The highest BCUT2D eigenvalue weighted by Gasteiger charge is 2.40. The molecule has 104 valence electrons. The number of amides is 2. The number of nitrogens with two attached hydrogens (primary N) is 1. The maximum absolute atomic E-state index is 11.9. The number of hydrogen-bond acceptors (Lipinski definition) is 3. The quantitative estimate of drug-likeness (QED) is 0.777. The fourth-order valence-corrected chi connectivity index (χ4v) is 2.14. The predicted octanol–water partition coefficient (Wildman–Crippen LogP) is 1.49. The number of ether oxygens (including phenoxy) is 1. The first kappa shape index (κ1) is 15.3. The number of nitrogens with one attached hydrogen (secondary N) is 1. The zero-order valence-corrected chi connectivity index (χ0v) is 11.7. The molecule has 2 amide bonds. The van der Waals surface area contributed by atoms with Crippen molar-refractivity contribution in [3.8, 4) is 5.75 Å². The number of benzene rings is 1. The Labute approximate surface area is 117 Å². The van der Waals surface area contributed by atoms with E-state index in [4.69, 9.17) is 22.1 Å². The van der Waals surface area contributed by atoms with Crippen LogP contribution in [0.2, 0.25) is 0 Å². The molecule has 1 unspecified atom stereocenters. The zero-order chi connectivity index (χ0) is 14.5. The monoisotopic (exact) mass is 284 g/mol. The Hall–Kier alpha value is -1.75. The van der Waals surface area contributed by atoms with Crippen molar-refractivity contribution >= 4 is 23.4 Å². The van der Waals surface area contributed by atoms with Gasteiger partial charge in [0.25, 0.3) is 0 Å². The van der Waals surface area contributed by atoms with E-state index in [2.05, 4.69) is 5.32 Å². The van der Waals surface area contributed by atoms with E-state index in [1.54, 1.807) is 31.2 Å². The SMILES string of the molecule is CCC(NC(C)=O)(C(N)=O)c1ccccc1OCCl. The Kier molecular flexibility index (Phi) is 5.18. The van der Waals surface area contributed by atoms with Crippen LogP contribution in [0.3, 0.4) is 0 Å². The third kappa shape index (κ3) is 3.17. The van der Waals surface area contributed by atoms with Gasteiger partial charge in [-0.15, -0.1) is 0 Å². The lowest BCUT2D eigenvalue weighted by Gasteiger charge is -2.31. The van der Waals surface area contributed by atoms with Crippen molar-refractivity contribution in [1.29, 1.82) is 0 Å². The first-order chi connectivity index (χ1) is 8.97. The van der Waals surface area contributed by atoms with E-state index in [9.17, 15) is 9.59 Å². The second kappa shape index (κ2) is 6.43. The Morgan fingerprint density at radius 1 is 1.42 bits per heavy atom. The molecule has 0 aromatic heterocycles. The summed E-state index contributed by atoms with van der Waals surface area (Å²) in [5.74, 6) is -0.566. The van der Waals surface area contributed by atoms with Gasteiger partial charge in [0.05, 0.1) is 0 Å². The van der Waals surface area contributed by atoms with Crippen LogP contribution in [0.5, 0.6) is 5.75 Å². The van der Waals surface area contributed by atoms with Crippen molar-refractivity contribution in [2.45, 2.75) is 25.8 Å². The van der Waals surface area contributed by atoms with Crippen molar-refractivity contribution in [2.75, 3.05) is 6.07 Å². The Bertz CT molecular complexity index is 479. The lowest BCUT2D eigenvalue weighted by Crippen LogP contribution is -2.54. The molecule has 0 aliphatic carbocycles. The van der Waals surface area contributed by atoms with Crippen LogP contribution < -0.4 is 15.8 Å². The number of para-hydroxylation sites is 1. The smallest absolute Gasteiger partial charge is 0.247 e. The van der Waals surface area contributed by atoms with E-state index in [0.29, 0.717) is 17.7 Å². The molecule has 0 radical (unpaired) electrons. The molecule has 1 atom stereocenters. The molecule has 5 nitrogen and oxygen atoms in total. The van der Waals surface area contributed by atoms with Gasteiger partial charge in [-0.1, -0.05) is 36.7 Å².